The molecule has 0 aliphatic carbocycles. The fraction of sp³-hybridized carbons (Fsp3) is 0.250. The zero-order valence-electron chi connectivity index (χ0n) is 16.6. The predicted octanol–water partition coefficient (Wildman–Crippen LogP) is 5.22. The van der Waals surface area contributed by atoms with Gasteiger partial charge in [-0.05, 0) is 36.9 Å². The molecule has 0 aliphatic rings. The van der Waals surface area contributed by atoms with Gasteiger partial charge in [0.15, 0.2) is 0 Å². The first-order valence-corrected chi connectivity index (χ1v) is 9.78. The SMILES string of the molecule is CCCC(=O)N(C)Cc1c(-c2ccc(C)cc2)nc2ccc3ccccc3n12. The Balaban J connectivity index is 1.93. The van der Waals surface area contributed by atoms with E-state index in [2.05, 4.69) is 59.9 Å². The molecule has 0 unspecified atom stereocenters. The molecule has 0 aliphatic heterocycles. The number of aryl methyl sites for hydroxylation is 1. The van der Waals surface area contributed by atoms with E-state index in [4.69, 9.17) is 4.98 Å². The molecule has 1 amide bonds. The van der Waals surface area contributed by atoms with E-state index >= 15 is 0 Å². The van der Waals surface area contributed by atoms with Crippen molar-refractivity contribution in [2.24, 2.45) is 0 Å². The van der Waals surface area contributed by atoms with Gasteiger partial charge < -0.3 is 4.90 Å². The van der Waals surface area contributed by atoms with E-state index in [1.165, 1.54) is 5.56 Å². The largest absolute Gasteiger partial charge is 0.340 e. The van der Waals surface area contributed by atoms with Gasteiger partial charge in [0.1, 0.15) is 5.65 Å². The van der Waals surface area contributed by atoms with E-state index in [1.54, 1.807) is 0 Å². The van der Waals surface area contributed by atoms with Gasteiger partial charge >= 0.3 is 0 Å². The maximum Gasteiger partial charge on any atom is 0.222 e. The lowest BCUT2D eigenvalue weighted by molar-refractivity contribution is -0.130. The van der Waals surface area contributed by atoms with Gasteiger partial charge in [0.05, 0.1) is 23.4 Å². The third-order valence-electron chi connectivity index (χ3n) is 5.19. The van der Waals surface area contributed by atoms with Gasteiger partial charge in [-0.25, -0.2) is 4.98 Å². The van der Waals surface area contributed by atoms with Crippen molar-refractivity contribution in [3.05, 3.63) is 71.9 Å². The van der Waals surface area contributed by atoms with E-state index in [9.17, 15) is 4.79 Å². The number of hydrogen-bond acceptors (Lipinski definition) is 2. The standard InChI is InChI=1S/C24H25N3O/c1-4-7-23(28)26(3)16-21-24(19-12-10-17(2)11-13-19)25-22-15-14-18-8-5-6-9-20(18)27(21)22/h5-6,8-15H,4,7,16H2,1-3H3. The van der Waals surface area contributed by atoms with Crippen LogP contribution in [0.4, 0.5) is 0 Å². The van der Waals surface area contributed by atoms with Crippen molar-refractivity contribution in [2.75, 3.05) is 7.05 Å². The van der Waals surface area contributed by atoms with Crippen molar-refractivity contribution in [3.63, 3.8) is 0 Å². The average molecular weight is 371 g/mol. The number of carbonyl (C=O) groups excluding carboxylic acids is 1. The van der Waals surface area contributed by atoms with Gasteiger partial charge in [-0.15, -0.1) is 0 Å². The summed E-state index contributed by atoms with van der Waals surface area (Å²) in [5.41, 5.74) is 6.28. The van der Waals surface area contributed by atoms with Crippen molar-refractivity contribution >= 4 is 22.5 Å². The molecule has 4 aromatic rings. The van der Waals surface area contributed by atoms with E-state index in [-0.39, 0.29) is 5.91 Å². The molecule has 4 heteroatoms. The number of nitrogens with zero attached hydrogens (tertiary/aromatic N) is 3. The van der Waals surface area contributed by atoms with Gasteiger partial charge in [0.25, 0.3) is 0 Å². The highest BCUT2D eigenvalue weighted by molar-refractivity contribution is 5.84. The Morgan fingerprint density at radius 2 is 1.79 bits per heavy atom. The third kappa shape index (κ3) is 3.26. The fourth-order valence-corrected chi connectivity index (χ4v) is 3.66. The summed E-state index contributed by atoms with van der Waals surface area (Å²) in [6.45, 7) is 4.64. The van der Waals surface area contributed by atoms with Gasteiger partial charge in [-0.3, -0.25) is 9.20 Å². The number of aromatic nitrogens is 2. The monoisotopic (exact) mass is 371 g/mol. The van der Waals surface area contributed by atoms with Crippen LogP contribution in [0.25, 0.3) is 27.8 Å². The van der Waals surface area contributed by atoms with E-state index in [0.717, 1.165) is 39.9 Å². The molecule has 0 spiro atoms. The summed E-state index contributed by atoms with van der Waals surface area (Å²) >= 11 is 0. The first-order valence-electron chi connectivity index (χ1n) is 9.78. The minimum absolute atomic E-state index is 0.160. The molecule has 0 fully saturated rings. The molecule has 142 valence electrons. The molecule has 4 nitrogen and oxygen atoms in total. The lowest BCUT2D eigenvalue weighted by atomic mass is 10.1. The number of hydrogen-bond donors (Lipinski definition) is 0. The number of benzene rings is 2. The van der Waals surface area contributed by atoms with Crippen molar-refractivity contribution < 1.29 is 4.79 Å². The smallest absolute Gasteiger partial charge is 0.222 e. The zero-order valence-corrected chi connectivity index (χ0v) is 16.6. The lowest BCUT2D eigenvalue weighted by Crippen LogP contribution is -2.26. The molecular formula is C24H25N3O. The van der Waals surface area contributed by atoms with Crippen LogP contribution >= 0.6 is 0 Å². The molecule has 0 bridgehead atoms. The van der Waals surface area contributed by atoms with Crippen molar-refractivity contribution in [3.8, 4) is 11.3 Å². The Kier molecular flexibility index (Phi) is 4.86. The number of imidazole rings is 1. The maximum atomic E-state index is 12.5. The van der Waals surface area contributed by atoms with Crippen LogP contribution in [0.1, 0.15) is 31.0 Å². The summed E-state index contributed by atoms with van der Waals surface area (Å²) in [5, 5.41) is 1.16. The van der Waals surface area contributed by atoms with Crippen LogP contribution in [0.15, 0.2) is 60.7 Å². The molecule has 2 heterocycles. The number of amides is 1. The molecule has 2 aromatic heterocycles. The Bertz CT molecular complexity index is 1140. The van der Waals surface area contributed by atoms with Crippen molar-refractivity contribution in [1.82, 2.24) is 14.3 Å². The molecular weight excluding hydrogens is 346 g/mol. The van der Waals surface area contributed by atoms with Crippen LogP contribution < -0.4 is 0 Å². The Labute approximate surface area is 165 Å². The molecule has 0 atom stereocenters. The van der Waals surface area contributed by atoms with Gasteiger partial charge in [-0.2, -0.15) is 0 Å². The first kappa shape index (κ1) is 18.2. The van der Waals surface area contributed by atoms with Crippen LogP contribution in [0, 0.1) is 6.92 Å². The first-order chi connectivity index (χ1) is 13.6. The third-order valence-corrected chi connectivity index (χ3v) is 5.19. The predicted molar refractivity (Wildman–Crippen MR) is 114 cm³/mol. The number of fused-ring (bicyclic) bond motifs is 3. The Hall–Kier alpha value is -3.14. The summed E-state index contributed by atoms with van der Waals surface area (Å²) in [7, 11) is 1.88. The van der Waals surface area contributed by atoms with Crippen LogP contribution in [-0.4, -0.2) is 27.2 Å². The fourth-order valence-electron chi connectivity index (χ4n) is 3.66. The molecule has 2 aromatic carbocycles. The molecule has 0 N–H and O–H groups in total. The van der Waals surface area contributed by atoms with E-state index < -0.39 is 0 Å². The highest BCUT2D eigenvalue weighted by Crippen LogP contribution is 2.29. The lowest BCUT2D eigenvalue weighted by Gasteiger charge is -2.18. The Morgan fingerprint density at radius 3 is 2.54 bits per heavy atom. The van der Waals surface area contributed by atoms with Gasteiger partial charge in [0.2, 0.25) is 5.91 Å². The Morgan fingerprint density at radius 1 is 1.04 bits per heavy atom. The summed E-state index contributed by atoms with van der Waals surface area (Å²) in [5.74, 6) is 0.160. The highest BCUT2D eigenvalue weighted by Gasteiger charge is 2.19. The summed E-state index contributed by atoms with van der Waals surface area (Å²) < 4.78 is 2.19. The van der Waals surface area contributed by atoms with Gasteiger partial charge in [-0.1, -0.05) is 55.0 Å². The summed E-state index contributed by atoms with van der Waals surface area (Å²) in [4.78, 5) is 19.2. The van der Waals surface area contributed by atoms with Crippen molar-refractivity contribution in [1.29, 1.82) is 0 Å². The molecule has 0 radical (unpaired) electrons. The topological polar surface area (TPSA) is 37.6 Å². The molecule has 28 heavy (non-hydrogen) atoms. The second-order valence-electron chi connectivity index (χ2n) is 7.36. The quantitative estimate of drug-likeness (QED) is 0.482. The second kappa shape index (κ2) is 7.47. The number of carbonyl (C=O) groups is 1. The van der Waals surface area contributed by atoms with Crippen LogP contribution in [0.5, 0.6) is 0 Å². The number of pyridine rings is 1. The van der Waals surface area contributed by atoms with E-state index in [1.807, 2.05) is 31.0 Å². The normalized spacial score (nSPS) is 11.2. The van der Waals surface area contributed by atoms with Gasteiger partial charge in [0, 0.05) is 19.0 Å². The molecule has 0 saturated heterocycles. The number of rotatable bonds is 5. The molecule has 4 rings (SSSR count). The van der Waals surface area contributed by atoms with Crippen LogP contribution in [0.3, 0.4) is 0 Å². The second-order valence-corrected chi connectivity index (χ2v) is 7.36. The highest BCUT2D eigenvalue weighted by atomic mass is 16.2. The van der Waals surface area contributed by atoms with Crippen LogP contribution in [-0.2, 0) is 11.3 Å². The number of para-hydroxylation sites is 1. The minimum atomic E-state index is 0.160. The minimum Gasteiger partial charge on any atom is -0.340 e. The van der Waals surface area contributed by atoms with E-state index in [0.29, 0.717) is 13.0 Å². The van der Waals surface area contributed by atoms with Crippen molar-refractivity contribution in [2.45, 2.75) is 33.2 Å². The summed E-state index contributed by atoms with van der Waals surface area (Å²) in [6, 6.07) is 20.9. The zero-order chi connectivity index (χ0) is 19.7. The average Bonchev–Trinajstić information content (AvgIpc) is 3.07. The van der Waals surface area contributed by atoms with Crippen LogP contribution in [0.2, 0.25) is 0 Å². The molecule has 0 saturated carbocycles. The summed E-state index contributed by atoms with van der Waals surface area (Å²) in [6.07, 6.45) is 1.41. The maximum absolute atomic E-state index is 12.5.